The van der Waals surface area contributed by atoms with Gasteiger partial charge in [-0.1, -0.05) is 53.6 Å². The monoisotopic (exact) mass is 476 g/mol. The van der Waals surface area contributed by atoms with Crippen LogP contribution in [-0.4, -0.2) is 44.3 Å². The van der Waals surface area contributed by atoms with Crippen LogP contribution in [0.4, 0.5) is 0 Å². The number of halogens is 1. The summed E-state index contributed by atoms with van der Waals surface area (Å²) in [4.78, 5) is 39.5. The number of benzene rings is 2. The lowest BCUT2D eigenvalue weighted by atomic mass is 9.60. The number of methoxy groups -OCH3 is 1. The molecule has 2 amide bonds. The Balaban J connectivity index is 2.05. The highest BCUT2D eigenvalue weighted by molar-refractivity contribution is 7.92. The summed E-state index contributed by atoms with van der Waals surface area (Å²) >= 11 is 6.01. The molecule has 2 aromatic carbocycles. The molecule has 168 valence electrons. The number of amides is 2. The summed E-state index contributed by atoms with van der Waals surface area (Å²) in [7, 11) is -3.05. The summed E-state index contributed by atoms with van der Waals surface area (Å²) < 4.78 is 31.7. The summed E-state index contributed by atoms with van der Waals surface area (Å²) in [5, 5.41) is -1.36. The van der Waals surface area contributed by atoms with Crippen LogP contribution in [-0.2, 0) is 29.0 Å². The Hall–Kier alpha value is -2.91. The number of hydrogen-bond acceptors (Lipinski definition) is 6. The van der Waals surface area contributed by atoms with Crippen LogP contribution in [0.2, 0.25) is 5.02 Å². The second-order valence-electron chi connectivity index (χ2n) is 8.04. The molecular formula is C22H21ClN2O6S. The van der Waals surface area contributed by atoms with Crippen molar-refractivity contribution in [3.63, 3.8) is 0 Å². The molecule has 4 rings (SSSR count). The van der Waals surface area contributed by atoms with Gasteiger partial charge in [-0.2, -0.15) is 0 Å². The van der Waals surface area contributed by atoms with Crippen LogP contribution in [0.25, 0.3) is 0 Å². The van der Waals surface area contributed by atoms with Crippen LogP contribution < -0.4 is 10.9 Å². The van der Waals surface area contributed by atoms with Crippen molar-refractivity contribution in [3.8, 4) is 0 Å². The zero-order valence-electron chi connectivity index (χ0n) is 17.3. The van der Waals surface area contributed by atoms with Crippen molar-refractivity contribution in [2.45, 2.75) is 24.0 Å². The summed E-state index contributed by atoms with van der Waals surface area (Å²) in [6.45, 7) is 1.87. The predicted octanol–water partition coefficient (Wildman–Crippen LogP) is 1.63. The molecular weight excluding hydrogens is 456 g/mol. The van der Waals surface area contributed by atoms with Gasteiger partial charge in [0.2, 0.25) is 0 Å². The van der Waals surface area contributed by atoms with Crippen LogP contribution in [0.5, 0.6) is 0 Å². The molecule has 2 aliphatic heterocycles. The minimum atomic E-state index is -4.13. The molecule has 0 unspecified atom stereocenters. The highest BCUT2D eigenvalue weighted by Crippen LogP contribution is 2.56. The minimum absolute atomic E-state index is 0.317. The average Bonchev–Trinajstić information content (AvgIpc) is 3.05. The molecule has 0 aliphatic carbocycles. The first kappa shape index (κ1) is 22.3. The second kappa shape index (κ2) is 7.90. The normalized spacial score (nSPS) is 25.8. The van der Waals surface area contributed by atoms with Gasteiger partial charge in [0, 0.05) is 16.9 Å². The molecule has 2 aromatic rings. The summed E-state index contributed by atoms with van der Waals surface area (Å²) in [5.74, 6) is -5.36. The van der Waals surface area contributed by atoms with Crippen LogP contribution >= 0.6 is 11.6 Å². The van der Waals surface area contributed by atoms with Crippen molar-refractivity contribution >= 4 is 39.2 Å². The Labute approximate surface area is 190 Å². The zero-order valence-corrected chi connectivity index (χ0v) is 18.9. The van der Waals surface area contributed by atoms with E-state index in [-0.39, 0.29) is 0 Å². The first-order valence-electron chi connectivity index (χ1n) is 9.85. The average molecular weight is 477 g/mol. The zero-order chi connectivity index (χ0) is 23.3. The van der Waals surface area contributed by atoms with E-state index < -0.39 is 55.9 Å². The molecule has 2 fully saturated rings. The number of sulfone groups is 1. The summed E-state index contributed by atoms with van der Waals surface area (Å²) in [5.41, 5.74) is 4.55. The molecule has 0 bridgehead atoms. The maximum atomic E-state index is 13.4. The molecule has 8 nitrogen and oxygen atoms in total. The van der Waals surface area contributed by atoms with Crippen LogP contribution in [0.1, 0.15) is 28.5 Å². The second-order valence-corrected chi connectivity index (χ2v) is 10.6. The molecule has 0 aromatic heterocycles. The number of rotatable bonds is 3. The van der Waals surface area contributed by atoms with Gasteiger partial charge >= 0.3 is 5.97 Å². The highest BCUT2D eigenvalue weighted by atomic mass is 35.5. The minimum Gasteiger partial charge on any atom is -0.468 e. The van der Waals surface area contributed by atoms with Crippen molar-refractivity contribution in [2.24, 2.45) is 5.41 Å². The van der Waals surface area contributed by atoms with Crippen LogP contribution in [0.3, 0.4) is 0 Å². The Kier molecular flexibility index (Phi) is 5.50. The molecule has 0 radical (unpaired) electrons. The Morgan fingerprint density at radius 3 is 2.06 bits per heavy atom. The third-order valence-corrected chi connectivity index (χ3v) is 8.60. The van der Waals surface area contributed by atoms with Gasteiger partial charge in [-0.25, -0.2) is 8.42 Å². The summed E-state index contributed by atoms with van der Waals surface area (Å²) in [6, 6.07) is 13.1. The molecule has 32 heavy (non-hydrogen) atoms. The maximum absolute atomic E-state index is 13.4. The fourth-order valence-electron chi connectivity index (χ4n) is 4.82. The van der Waals surface area contributed by atoms with Gasteiger partial charge in [0.15, 0.2) is 15.1 Å². The molecule has 2 heterocycles. The number of nitrogens with one attached hydrogen (secondary N) is 2. The lowest BCUT2D eigenvalue weighted by molar-refractivity contribution is -0.145. The number of esters is 1. The van der Waals surface area contributed by atoms with Gasteiger partial charge in [0.25, 0.3) is 11.8 Å². The van der Waals surface area contributed by atoms with E-state index in [1.165, 1.54) is 24.3 Å². The first-order valence-corrected chi connectivity index (χ1v) is 11.9. The van der Waals surface area contributed by atoms with Crippen molar-refractivity contribution in [3.05, 3.63) is 70.2 Å². The van der Waals surface area contributed by atoms with Gasteiger partial charge in [-0.05, 0) is 30.2 Å². The summed E-state index contributed by atoms with van der Waals surface area (Å²) in [6.07, 6.45) is 0. The molecule has 1 spiro atoms. The van der Waals surface area contributed by atoms with Crippen LogP contribution in [0.15, 0.2) is 48.5 Å². The Bertz CT molecular complexity index is 1180. The largest absolute Gasteiger partial charge is 0.468 e. The Morgan fingerprint density at radius 1 is 1.00 bits per heavy atom. The fourth-order valence-corrected chi connectivity index (χ4v) is 7.25. The smallest absolute Gasteiger partial charge is 0.324 e. The maximum Gasteiger partial charge on any atom is 0.324 e. The number of ether oxygens (including phenoxy) is 1. The molecule has 2 N–H and O–H groups in total. The predicted molar refractivity (Wildman–Crippen MR) is 116 cm³/mol. The van der Waals surface area contributed by atoms with E-state index in [1.54, 1.807) is 24.3 Å². The van der Waals surface area contributed by atoms with E-state index in [4.69, 9.17) is 16.3 Å². The molecule has 2 aliphatic rings. The standard InChI is InChI=1S/C22H21ClN2O6S/c1-12-3-5-13(6-4-12)16-11-32(29,30)18(19(26)31-2)17(14-7-9-15(23)10-8-14)22(16)20(27)24-25-21(22)28/h3-10,16-18H,11H2,1-2H3,(H,24,27)(H,25,28)/t16-,17-,18+/m0/s1. The first-order chi connectivity index (χ1) is 15.1. The SMILES string of the molecule is COC(=O)[C@H]1[C@H](c2ccc(Cl)cc2)C2(C(=O)NNC2=O)[C@H](c2ccc(C)cc2)CS1(=O)=O. The number of carbonyl (C=O) groups is 3. The highest BCUT2D eigenvalue weighted by Gasteiger charge is 2.70. The van der Waals surface area contributed by atoms with Crippen molar-refractivity contribution in [1.82, 2.24) is 10.9 Å². The molecule has 0 saturated carbocycles. The molecule has 2 saturated heterocycles. The number of hydrazine groups is 1. The Morgan fingerprint density at radius 2 is 1.53 bits per heavy atom. The third-order valence-electron chi connectivity index (χ3n) is 6.31. The topological polar surface area (TPSA) is 119 Å². The van der Waals surface area contributed by atoms with E-state index >= 15 is 0 Å². The number of aryl methyl sites for hydroxylation is 1. The van der Waals surface area contributed by atoms with Gasteiger partial charge in [0.05, 0.1) is 12.9 Å². The van der Waals surface area contributed by atoms with E-state index in [9.17, 15) is 22.8 Å². The lowest BCUT2D eigenvalue weighted by Gasteiger charge is -2.46. The number of carbonyl (C=O) groups excluding carboxylic acids is 3. The van der Waals surface area contributed by atoms with Crippen molar-refractivity contribution < 1.29 is 27.5 Å². The van der Waals surface area contributed by atoms with Crippen molar-refractivity contribution in [2.75, 3.05) is 12.9 Å². The third kappa shape index (κ3) is 3.27. The lowest BCUT2D eigenvalue weighted by Crippen LogP contribution is -2.60. The van der Waals surface area contributed by atoms with Gasteiger partial charge in [-0.3, -0.25) is 25.2 Å². The molecule has 3 atom stereocenters. The van der Waals surface area contributed by atoms with E-state index in [0.717, 1.165) is 12.7 Å². The van der Waals surface area contributed by atoms with Gasteiger partial charge in [0.1, 0.15) is 5.41 Å². The molecule has 10 heteroatoms. The van der Waals surface area contributed by atoms with Gasteiger partial charge < -0.3 is 4.74 Å². The van der Waals surface area contributed by atoms with Crippen molar-refractivity contribution in [1.29, 1.82) is 0 Å². The fraction of sp³-hybridized carbons (Fsp3) is 0.318. The number of hydrogen-bond donors (Lipinski definition) is 2. The van der Waals surface area contributed by atoms with E-state index in [1.807, 2.05) is 6.92 Å². The van der Waals surface area contributed by atoms with Crippen LogP contribution in [0, 0.1) is 12.3 Å². The van der Waals surface area contributed by atoms with E-state index in [0.29, 0.717) is 16.1 Å². The quantitative estimate of drug-likeness (QED) is 0.513. The van der Waals surface area contributed by atoms with E-state index in [2.05, 4.69) is 10.9 Å². The van der Waals surface area contributed by atoms with Gasteiger partial charge in [-0.15, -0.1) is 0 Å².